The molecule has 0 fully saturated rings. The predicted octanol–water partition coefficient (Wildman–Crippen LogP) is 1.45. The van der Waals surface area contributed by atoms with Crippen LogP contribution >= 0.6 is 0 Å². The van der Waals surface area contributed by atoms with Crippen molar-refractivity contribution >= 4 is 17.6 Å². The van der Waals surface area contributed by atoms with Gasteiger partial charge in [0, 0.05) is 11.9 Å². The van der Waals surface area contributed by atoms with Crippen molar-refractivity contribution in [3.8, 4) is 0 Å². The van der Waals surface area contributed by atoms with Crippen molar-refractivity contribution in [2.45, 2.75) is 0 Å². The smallest absolute Gasteiger partial charge is 0.319 e. The number of pyridine rings is 1. The first-order valence-electron chi connectivity index (χ1n) is 6.21. The molecule has 110 valence electrons. The Morgan fingerprint density at radius 1 is 1.14 bits per heavy atom. The summed E-state index contributed by atoms with van der Waals surface area (Å²) in [4.78, 5) is 25.4. The summed E-state index contributed by atoms with van der Waals surface area (Å²) in [6.07, 6.45) is 1.60. The number of nitrogens with zero attached hydrogens (tertiary/aromatic N) is 1. The molecule has 21 heavy (non-hydrogen) atoms. The minimum absolute atomic E-state index is 0.0312. The lowest BCUT2D eigenvalue weighted by atomic mass is 10.3. The van der Waals surface area contributed by atoms with Gasteiger partial charge in [0.15, 0.2) is 0 Å². The van der Waals surface area contributed by atoms with Gasteiger partial charge in [-0.15, -0.1) is 0 Å². The number of carbonyl (C=O) groups is 2. The molecule has 0 spiro atoms. The molecule has 0 aliphatic rings. The second kappa shape index (κ2) is 9.22. The fourth-order valence-corrected chi connectivity index (χ4v) is 1.30. The van der Waals surface area contributed by atoms with E-state index < -0.39 is 0 Å². The van der Waals surface area contributed by atoms with Gasteiger partial charge in [-0.05, 0) is 24.3 Å². The number of aromatic nitrogens is 1. The van der Waals surface area contributed by atoms with Gasteiger partial charge in [0.25, 0.3) is 5.91 Å². The van der Waals surface area contributed by atoms with Crippen molar-refractivity contribution in [2.24, 2.45) is 5.73 Å². The molecule has 2 rings (SSSR count). The first-order chi connectivity index (χ1) is 10.2. The van der Waals surface area contributed by atoms with Crippen LogP contribution < -0.4 is 11.1 Å². The van der Waals surface area contributed by atoms with Gasteiger partial charge in [-0.25, -0.2) is 0 Å². The van der Waals surface area contributed by atoms with E-state index >= 15 is 0 Å². The Labute approximate surface area is 123 Å². The average molecular weight is 287 g/mol. The number of rotatable bonds is 3. The van der Waals surface area contributed by atoms with E-state index in [9.17, 15) is 9.59 Å². The number of amides is 1. The zero-order valence-electron chi connectivity index (χ0n) is 11.7. The summed E-state index contributed by atoms with van der Waals surface area (Å²) < 4.78 is 4.14. The number of carbonyl (C=O) groups excluding carboxylic acids is 2. The molecule has 0 atom stereocenters. The molecule has 1 heterocycles. The Hall–Kier alpha value is -2.73. The van der Waals surface area contributed by atoms with Gasteiger partial charge < -0.3 is 15.8 Å². The lowest BCUT2D eigenvalue weighted by Gasteiger charge is -2.03. The zero-order valence-corrected chi connectivity index (χ0v) is 11.7. The predicted molar refractivity (Wildman–Crippen MR) is 79.7 cm³/mol. The number of para-hydroxylation sites is 1. The maximum Gasteiger partial charge on any atom is 0.319 e. The van der Waals surface area contributed by atoms with Crippen LogP contribution in [0, 0.1) is 0 Å². The molecular formula is C15H17N3O3. The summed E-state index contributed by atoms with van der Waals surface area (Å²) in [6.45, 7) is -0.0312. The molecule has 0 radical (unpaired) electrons. The highest BCUT2D eigenvalue weighted by Gasteiger charge is 2.05. The number of methoxy groups -OCH3 is 1. The zero-order chi connectivity index (χ0) is 15.5. The summed E-state index contributed by atoms with van der Waals surface area (Å²) in [6, 6.07) is 14.5. The number of esters is 1. The van der Waals surface area contributed by atoms with Crippen molar-refractivity contribution in [2.75, 3.05) is 19.0 Å². The molecule has 3 N–H and O–H groups in total. The first kappa shape index (κ1) is 16.3. The highest BCUT2D eigenvalue weighted by atomic mass is 16.5. The fourth-order valence-electron chi connectivity index (χ4n) is 1.30. The molecule has 1 amide bonds. The molecule has 0 saturated heterocycles. The molecule has 0 aliphatic heterocycles. The van der Waals surface area contributed by atoms with Crippen LogP contribution in [0.4, 0.5) is 5.69 Å². The molecule has 0 aliphatic carbocycles. The minimum atomic E-state index is -0.380. The van der Waals surface area contributed by atoms with Gasteiger partial charge >= 0.3 is 5.97 Å². The third-order valence-corrected chi connectivity index (χ3v) is 2.32. The third-order valence-electron chi connectivity index (χ3n) is 2.32. The van der Waals surface area contributed by atoms with Gasteiger partial charge in [-0.1, -0.05) is 24.3 Å². The molecular weight excluding hydrogens is 270 g/mol. The van der Waals surface area contributed by atoms with E-state index in [4.69, 9.17) is 5.73 Å². The van der Waals surface area contributed by atoms with E-state index in [0.717, 1.165) is 5.69 Å². The number of anilines is 1. The summed E-state index contributed by atoms with van der Waals surface area (Å²) in [7, 11) is 1.30. The summed E-state index contributed by atoms with van der Waals surface area (Å²) in [5.41, 5.74) is 6.00. The van der Waals surface area contributed by atoms with Gasteiger partial charge in [0.1, 0.15) is 5.69 Å². The van der Waals surface area contributed by atoms with Crippen LogP contribution in [-0.4, -0.2) is 30.5 Å². The Morgan fingerprint density at radius 3 is 2.29 bits per heavy atom. The first-order valence-corrected chi connectivity index (χ1v) is 6.21. The second-order valence-corrected chi connectivity index (χ2v) is 3.82. The van der Waals surface area contributed by atoms with Crippen LogP contribution in [0.5, 0.6) is 0 Å². The normalized spacial score (nSPS) is 9.05. The molecule has 2 aromatic rings. The number of hydrogen-bond acceptors (Lipinski definition) is 5. The maximum absolute atomic E-state index is 11.6. The number of hydrogen-bond donors (Lipinski definition) is 2. The molecule has 1 aromatic carbocycles. The standard InChI is InChI=1S/C12H10N2O.C3H7NO2/c15-12(11-8-4-5-9-13-11)14-10-6-2-1-3-7-10;1-6-3(5)2-4/h1-9H,(H,14,15);2,4H2,1H3. The highest BCUT2D eigenvalue weighted by molar-refractivity contribution is 6.02. The lowest BCUT2D eigenvalue weighted by molar-refractivity contribution is -0.138. The van der Waals surface area contributed by atoms with Crippen LogP contribution in [0.1, 0.15) is 10.5 Å². The molecule has 0 saturated carbocycles. The van der Waals surface area contributed by atoms with Crippen LogP contribution in [0.25, 0.3) is 0 Å². The maximum atomic E-state index is 11.6. The summed E-state index contributed by atoms with van der Waals surface area (Å²) >= 11 is 0. The Kier molecular flexibility index (Phi) is 7.17. The molecule has 0 unspecified atom stereocenters. The van der Waals surface area contributed by atoms with Gasteiger partial charge in [-0.2, -0.15) is 0 Å². The fraction of sp³-hybridized carbons (Fsp3) is 0.133. The van der Waals surface area contributed by atoms with Crippen molar-refractivity contribution in [1.29, 1.82) is 0 Å². The van der Waals surface area contributed by atoms with Gasteiger partial charge in [0.05, 0.1) is 13.7 Å². The van der Waals surface area contributed by atoms with Crippen molar-refractivity contribution in [3.63, 3.8) is 0 Å². The van der Waals surface area contributed by atoms with E-state index in [1.807, 2.05) is 30.3 Å². The SMILES string of the molecule is COC(=O)CN.O=C(Nc1ccccc1)c1ccccn1. The highest BCUT2D eigenvalue weighted by Crippen LogP contribution is 2.06. The Morgan fingerprint density at radius 2 is 1.81 bits per heavy atom. The van der Waals surface area contributed by atoms with Crippen molar-refractivity contribution in [1.82, 2.24) is 4.98 Å². The minimum Gasteiger partial charge on any atom is -0.468 e. The number of nitrogens with one attached hydrogen (secondary N) is 1. The number of nitrogens with two attached hydrogens (primary N) is 1. The van der Waals surface area contributed by atoms with Gasteiger partial charge in [-0.3, -0.25) is 14.6 Å². The lowest BCUT2D eigenvalue weighted by Crippen LogP contribution is -2.14. The second-order valence-electron chi connectivity index (χ2n) is 3.82. The largest absolute Gasteiger partial charge is 0.468 e. The number of ether oxygens (including phenoxy) is 1. The Balaban J connectivity index is 0.000000315. The van der Waals surface area contributed by atoms with Gasteiger partial charge in [0.2, 0.25) is 0 Å². The molecule has 6 heteroatoms. The van der Waals surface area contributed by atoms with Crippen LogP contribution in [0.2, 0.25) is 0 Å². The quantitative estimate of drug-likeness (QED) is 0.833. The van der Waals surface area contributed by atoms with E-state index in [1.165, 1.54) is 7.11 Å². The number of benzene rings is 1. The molecule has 1 aromatic heterocycles. The van der Waals surface area contributed by atoms with Crippen LogP contribution in [0.15, 0.2) is 54.7 Å². The molecule has 6 nitrogen and oxygen atoms in total. The topological polar surface area (TPSA) is 94.3 Å². The van der Waals surface area contributed by atoms with E-state index in [0.29, 0.717) is 5.69 Å². The third kappa shape index (κ3) is 6.31. The molecule has 0 bridgehead atoms. The Bertz CT molecular complexity index is 553. The van der Waals surface area contributed by atoms with Crippen molar-refractivity contribution in [3.05, 3.63) is 60.4 Å². The van der Waals surface area contributed by atoms with E-state index in [-0.39, 0.29) is 18.4 Å². The summed E-state index contributed by atoms with van der Waals surface area (Å²) in [5, 5.41) is 2.76. The summed E-state index contributed by atoms with van der Waals surface area (Å²) in [5.74, 6) is -0.572. The van der Waals surface area contributed by atoms with Crippen LogP contribution in [0.3, 0.4) is 0 Å². The average Bonchev–Trinajstić information content (AvgIpc) is 2.56. The van der Waals surface area contributed by atoms with E-state index in [1.54, 1.807) is 24.4 Å². The van der Waals surface area contributed by atoms with Crippen molar-refractivity contribution < 1.29 is 14.3 Å². The van der Waals surface area contributed by atoms with Crippen LogP contribution in [-0.2, 0) is 9.53 Å². The van der Waals surface area contributed by atoms with E-state index in [2.05, 4.69) is 15.0 Å². The monoisotopic (exact) mass is 287 g/mol.